The largest absolute Gasteiger partial charge is 0.357 e. The van der Waals surface area contributed by atoms with Gasteiger partial charge in [0.25, 0.3) is 0 Å². The van der Waals surface area contributed by atoms with Crippen LogP contribution >= 0.6 is 47.1 Å². The number of halogens is 1. The van der Waals surface area contributed by atoms with Crippen LogP contribution in [0.3, 0.4) is 0 Å². The molecule has 0 bridgehead atoms. The maximum atomic E-state index is 4.77. The third-order valence-corrected chi connectivity index (χ3v) is 6.84. The molecule has 0 spiro atoms. The van der Waals surface area contributed by atoms with Crippen LogP contribution in [-0.4, -0.2) is 54.6 Å². The fraction of sp³-hybridized carbons (Fsp3) is 0.737. The van der Waals surface area contributed by atoms with Gasteiger partial charge in [-0.15, -0.1) is 35.3 Å². The first-order valence-corrected chi connectivity index (χ1v) is 11.4. The van der Waals surface area contributed by atoms with Crippen molar-refractivity contribution in [1.82, 2.24) is 15.5 Å². The Morgan fingerprint density at radius 2 is 2.08 bits per heavy atom. The van der Waals surface area contributed by atoms with E-state index in [4.69, 9.17) is 4.99 Å². The van der Waals surface area contributed by atoms with Crippen molar-refractivity contribution in [3.05, 3.63) is 22.4 Å². The molecule has 0 atom stereocenters. The molecule has 0 unspecified atom stereocenters. The Hall–Kier alpha value is 0.01000. The fourth-order valence-corrected chi connectivity index (χ4v) is 3.83. The number of hydrogen-bond donors (Lipinski definition) is 2. The van der Waals surface area contributed by atoms with Crippen molar-refractivity contribution < 1.29 is 0 Å². The third kappa shape index (κ3) is 8.80. The van der Waals surface area contributed by atoms with E-state index in [2.05, 4.69) is 60.1 Å². The van der Waals surface area contributed by atoms with E-state index in [9.17, 15) is 0 Å². The molecule has 0 radical (unpaired) electrons. The van der Waals surface area contributed by atoms with Crippen molar-refractivity contribution in [3.8, 4) is 0 Å². The molecular formula is C19H35IN4S2. The first-order chi connectivity index (χ1) is 12.0. The Morgan fingerprint density at radius 3 is 2.65 bits per heavy atom. The number of hydrogen-bond acceptors (Lipinski definition) is 4. The van der Waals surface area contributed by atoms with Gasteiger partial charge in [-0.25, -0.2) is 0 Å². The minimum absolute atomic E-state index is 0. The topological polar surface area (TPSA) is 39.7 Å². The lowest BCUT2D eigenvalue weighted by Crippen LogP contribution is -2.43. The second kappa shape index (κ2) is 12.5. The van der Waals surface area contributed by atoms with E-state index in [-0.39, 0.29) is 28.7 Å². The molecule has 4 nitrogen and oxygen atoms in total. The smallest absolute Gasteiger partial charge is 0.191 e. The highest BCUT2D eigenvalue weighted by Crippen LogP contribution is 2.21. The molecular weight excluding hydrogens is 475 g/mol. The Balaban J connectivity index is 0.00000338. The predicted octanol–water partition coefficient (Wildman–Crippen LogP) is 4.27. The van der Waals surface area contributed by atoms with Gasteiger partial charge >= 0.3 is 0 Å². The normalized spacial score (nSPS) is 17.0. The highest BCUT2D eigenvalue weighted by atomic mass is 127. The van der Waals surface area contributed by atoms with Gasteiger partial charge in [0.15, 0.2) is 5.96 Å². The molecule has 1 aliphatic rings. The van der Waals surface area contributed by atoms with E-state index in [0.717, 1.165) is 38.1 Å². The highest BCUT2D eigenvalue weighted by molar-refractivity contribution is 14.0. The van der Waals surface area contributed by atoms with E-state index in [1.165, 1.54) is 30.8 Å². The summed E-state index contributed by atoms with van der Waals surface area (Å²) in [7, 11) is 0. The Kier molecular flexibility index (Phi) is 11.5. The van der Waals surface area contributed by atoms with E-state index in [0.29, 0.717) is 0 Å². The number of thiophene rings is 1. The van der Waals surface area contributed by atoms with Crippen molar-refractivity contribution in [2.75, 3.05) is 39.0 Å². The third-order valence-electron chi connectivity index (χ3n) is 4.74. The van der Waals surface area contributed by atoms with Crippen LogP contribution in [-0.2, 0) is 6.54 Å². The molecule has 1 aromatic heterocycles. The summed E-state index contributed by atoms with van der Waals surface area (Å²) < 4.78 is 0.190. The lowest BCUT2D eigenvalue weighted by atomic mass is 9.97. The van der Waals surface area contributed by atoms with E-state index < -0.39 is 0 Å². The second-order valence-electron chi connectivity index (χ2n) is 7.34. The maximum Gasteiger partial charge on any atom is 0.191 e. The average molecular weight is 511 g/mol. The van der Waals surface area contributed by atoms with Gasteiger partial charge < -0.3 is 10.6 Å². The number of nitrogens with zero attached hydrogens (tertiary/aromatic N) is 2. The van der Waals surface area contributed by atoms with Gasteiger partial charge in [-0.05, 0) is 70.3 Å². The van der Waals surface area contributed by atoms with Gasteiger partial charge in [-0.2, -0.15) is 11.8 Å². The molecule has 1 fully saturated rings. The number of thioether (sulfide) groups is 1. The SMILES string of the molecule is CCNC(=NCC(C)(C)SC)NCC1CCN(Cc2cccs2)CC1.I. The molecule has 7 heteroatoms. The molecule has 1 saturated heterocycles. The van der Waals surface area contributed by atoms with Gasteiger partial charge in [0.2, 0.25) is 0 Å². The van der Waals surface area contributed by atoms with Crippen LogP contribution < -0.4 is 10.6 Å². The van der Waals surface area contributed by atoms with Gasteiger partial charge in [-0.3, -0.25) is 9.89 Å². The van der Waals surface area contributed by atoms with Crippen LogP contribution in [0.4, 0.5) is 0 Å². The number of piperidine rings is 1. The Labute approximate surface area is 185 Å². The molecule has 1 aliphatic heterocycles. The fourth-order valence-electron chi connectivity index (χ4n) is 2.89. The Bertz CT molecular complexity index is 512. The lowest BCUT2D eigenvalue weighted by molar-refractivity contribution is 0.179. The van der Waals surface area contributed by atoms with Crippen molar-refractivity contribution in [2.24, 2.45) is 10.9 Å². The molecule has 0 aliphatic carbocycles. The standard InChI is InChI=1S/C19H34N4S2.HI/c1-5-20-18(22-15-19(2,3)24-4)21-13-16-8-10-23(11-9-16)14-17-7-6-12-25-17;/h6-7,12,16H,5,8-11,13-15H2,1-4H3,(H2,20,21,22);1H. The lowest BCUT2D eigenvalue weighted by Gasteiger charge is -2.32. The summed E-state index contributed by atoms with van der Waals surface area (Å²) >= 11 is 3.73. The van der Waals surface area contributed by atoms with Crippen LogP contribution in [0.25, 0.3) is 0 Å². The zero-order valence-corrected chi connectivity index (χ0v) is 20.5. The van der Waals surface area contributed by atoms with Gasteiger partial charge in [-0.1, -0.05) is 6.07 Å². The molecule has 2 rings (SSSR count). The molecule has 1 aromatic rings. The van der Waals surface area contributed by atoms with Crippen LogP contribution in [0.2, 0.25) is 0 Å². The van der Waals surface area contributed by atoms with Crippen molar-refractivity contribution in [3.63, 3.8) is 0 Å². The Morgan fingerprint density at radius 1 is 1.35 bits per heavy atom. The molecule has 150 valence electrons. The molecule has 2 N–H and O–H groups in total. The second-order valence-corrected chi connectivity index (χ2v) is 9.88. The quantitative estimate of drug-likeness (QED) is 0.311. The minimum Gasteiger partial charge on any atom is -0.357 e. The van der Waals surface area contributed by atoms with Crippen LogP contribution in [0, 0.1) is 5.92 Å². The average Bonchev–Trinajstić information content (AvgIpc) is 3.12. The molecule has 2 heterocycles. The summed E-state index contributed by atoms with van der Waals surface area (Å²) in [4.78, 5) is 8.84. The summed E-state index contributed by atoms with van der Waals surface area (Å²) in [5, 5.41) is 9.11. The van der Waals surface area contributed by atoms with Gasteiger partial charge in [0, 0.05) is 29.3 Å². The minimum atomic E-state index is 0. The number of likely N-dealkylation sites (tertiary alicyclic amines) is 1. The van der Waals surface area contributed by atoms with Gasteiger partial charge in [0.05, 0.1) is 6.54 Å². The summed E-state index contributed by atoms with van der Waals surface area (Å²) in [6.45, 7) is 12.9. The summed E-state index contributed by atoms with van der Waals surface area (Å²) in [6.07, 6.45) is 4.70. The number of aliphatic imine (C=N–C) groups is 1. The molecule has 0 aromatic carbocycles. The molecule has 26 heavy (non-hydrogen) atoms. The summed E-state index contributed by atoms with van der Waals surface area (Å²) in [5.41, 5.74) is 0. The van der Waals surface area contributed by atoms with Crippen LogP contribution in [0.5, 0.6) is 0 Å². The first kappa shape index (κ1) is 24.0. The monoisotopic (exact) mass is 510 g/mol. The maximum absolute atomic E-state index is 4.77. The van der Waals surface area contributed by atoms with Crippen molar-refractivity contribution in [1.29, 1.82) is 0 Å². The zero-order chi connectivity index (χ0) is 18.1. The number of rotatable bonds is 8. The van der Waals surface area contributed by atoms with E-state index >= 15 is 0 Å². The van der Waals surface area contributed by atoms with Crippen LogP contribution in [0.15, 0.2) is 22.5 Å². The zero-order valence-electron chi connectivity index (χ0n) is 16.6. The van der Waals surface area contributed by atoms with Gasteiger partial charge in [0.1, 0.15) is 0 Å². The van der Waals surface area contributed by atoms with Crippen molar-refractivity contribution in [2.45, 2.75) is 44.9 Å². The summed E-state index contributed by atoms with van der Waals surface area (Å²) in [6, 6.07) is 4.39. The predicted molar refractivity (Wildman–Crippen MR) is 129 cm³/mol. The molecule has 0 amide bonds. The summed E-state index contributed by atoms with van der Waals surface area (Å²) in [5.74, 6) is 1.71. The number of guanidine groups is 1. The van der Waals surface area contributed by atoms with E-state index in [1.807, 2.05) is 23.1 Å². The first-order valence-electron chi connectivity index (χ1n) is 9.34. The van der Waals surface area contributed by atoms with E-state index in [1.54, 1.807) is 0 Å². The molecule has 0 saturated carbocycles. The number of nitrogens with one attached hydrogen (secondary N) is 2. The highest BCUT2D eigenvalue weighted by Gasteiger charge is 2.20. The van der Waals surface area contributed by atoms with Crippen molar-refractivity contribution >= 4 is 53.0 Å². The van der Waals surface area contributed by atoms with Crippen LogP contribution in [0.1, 0.15) is 38.5 Å².